The molecule has 0 fully saturated rings. The zero-order valence-electron chi connectivity index (χ0n) is 12.9. The van der Waals surface area contributed by atoms with Crippen LogP contribution in [-0.4, -0.2) is 20.5 Å². The Hall–Kier alpha value is -0.430. The molecule has 0 aromatic carbocycles. The van der Waals surface area contributed by atoms with Crippen LogP contribution in [0.5, 0.6) is 0 Å². The van der Waals surface area contributed by atoms with Crippen LogP contribution in [0.25, 0.3) is 0 Å². The maximum absolute atomic E-state index is 12.3. The normalized spacial score (nSPS) is 14.2. The van der Waals surface area contributed by atoms with E-state index >= 15 is 0 Å². The third kappa shape index (κ3) is 5.16. The molecule has 1 aromatic heterocycles. The number of sulfonamides is 1. The average Bonchev–Trinajstić information content (AvgIpc) is 2.82. The fourth-order valence-electron chi connectivity index (χ4n) is 1.86. The van der Waals surface area contributed by atoms with Crippen molar-refractivity contribution in [1.29, 1.82) is 0 Å². The Balaban J connectivity index is 2.77. The van der Waals surface area contributed by atoms with Gasteiger partial charge in [-0.05, 0) is 18.4 Å². The zero-order valence-corrected chi connectivity index (χ0v) is 14.6. The van der Waals surface area contributed by atoms with Crippen LogP contribution in [0.1, 0.15) is 45.9 Å². The molecule has 0 aliphatic rings. The maximum atomic E-state index is 12.3. The summed E-state index contributed by atoms with van der Waals surface area (Å²) in [7, 11) is -3.40. The Kier molecular flexibility index (Phi) is 6.64. The summed E-state index contributed by atoms with van der Waals surface area (Å²) >= 11 is 1.48. The summed E-state index contributed by atoms with van der Waals surface area (Å²) in [6.07, 6.45) is 0.794. The Labute approximate surface area is 127 Å². The quantitative estimate of drug-likeness (QED) is 0.775. The predicted molar refractivity (Wildman–Crippen MR) is 85.5 cm³/mol. The van der Waals surface area contributed by atoms with E-state index in [9.17, 15) is 8.42 Å². The van der Waals surface area contributed by atoms with Gasteiger partial charge in [0.2, 0.25) is 10.0 Å². The third-order valence-electron chi connectivity index (χ3n) is 3.18. The number of hydrogen-bond acceptors (Lipinski definition) is 4. The van der Waals surface area contributed by atoms with E-state index in [2.05, 4.69) is 23.9 Å². The van der Waals surface area contributed by atoms with E-state index in [4.69, 9.17) is 0 Å². The molecule has 0 aliphatic heterocycles. The van der Waals surface area contributed by atoms with Crippen LogP contribution in [0, 0.1) is 5.92 Å². The highest BCUT2D eigenvalue weighted by Crippen LogP contribution is 2.20. The molecule has 1 rings (SSSR count). The Morgan fingerprint density at radius 1 is 1.25 bits per heavy atom. The summed E-state index contributed by atoms with van der Waals surface area (Å²) in [6, 6.07) is 2.13. The van der Waals surface area contributed by atoms with E-state index in [0.29, 0.717) is 17.5 Å². The smallest absolute Gasteiger partial charge is 0.241 e. The molecular weight excluding hydrogens is 292 g/mol. The van der Waals surface area contributed by atoms with Crippen LogP contribution >= 0.6 is 11.3 Å². The number of rotatable bonds is 8. The monoisotopic (exact) mass is 318 g/mol. The Morgan fingerprint density at radius 3 is 2.40 bits per heavy atom. The lowest BCUT2D eigenvalue weighted by Gasteiger charge is -2.20. The van der Waals surface area contributed by atoms with Crippen molar-refractivity contribution in [2.45, 2.75) is 64.6 Å². The predicted octanol–water partition coefficient (Wildman–Crippen LogP) is 2.96. The molecule has 116 valence electrons. The lowest BCUT2D eigenvalue weighted by atomic mass is 10.0. The molecule has 1 aromatic rings. The molecule has 2 N–H and O–H groups in total. The summed E-state index contributed by atoms with van der Waals surface area (Å²) < 4.78 is 27.5. The third-order valence-corrected chi connectivity index (χ3v) is 5.73. The minimum absolute atomic E-state index is 0.0165. The van der Waals surface area contributed by atoms with Crippen LogP contribution < -0.4 is 10.0 Å². The number of thiophene rings is 1. The van der Waals surface area contributed by atoms with Crippen LogP contribution in [0.2, 0.25) is 0 Å². The number of nitrogens with one attached hydrogen (secondary N) is 2. The fraction of sp³-hybridized carbons (Fsp3) is 0.714. The second-order valence-corrected chi connectivity index (χ2v) is 8.37. The van der Waals surface area contributed by atoms with Gasteiger partial charge < -0.3 is 5.32 Å². The molecule has 6 heteroatoms. The molecule has 1 atom stereocenters. The molecule has 0 saturated heterocycles. The highest BCUT2D eigenvalue weighted by Gasteiger charge is 2.22. The van der Waals surface area contributed by atoms with Gasteiger partial charge in [0.25, 0.3) is 0 Å². The van der Waals surface area contributed by atoms with Crippen LogP contribution in [-0.2, 0) is 16.6 Å². The topological polar surface area (TPSA) is 58.2 Å². The summed E-state index contributed by atoms with van der Waals surface area (Å²) in [5.74, 6) is 0.287. The zero-order chi connectivity index (χ0) is 15.3. The van der Waals surface area contributed by atoms with E-state index in [1.165, 1.54) is 11.3 Å². The Bertz CT molecular complexity index is 507. The van der Waals surface area contributed by atoms with Gasteiger partial charge in [-0.2, -0.15) is 0 Å². The summed E-state index contributed by atoms with van der Waals surface area (Å²) in [6.45, 7) is 10.9. The molecule has 20 heavy (non-hydrogen) atoms. The SMILES string of the molecule is CCC(NS(=O)(=O)c1csc(CNC(C)C)c1)C(C)C. The summed E-state index contributed by atoms with van der Waals surface area (Å²) in [5.41, 5.74) is 0. The van der Waals surface area contributed by atoms with Gasteiger partial charge in [-0.25, -0.2) is 13.1 Å². The lowest BCUT2D eigenvalue weighted by Crippen LogP contribution is -2.37. The minimum Gasteiger partial charge on any atom is -0.310 e. The van der Waals surface area contributed by atoms with Crippen molar-refractivity contribution in [1.82, 2.24) is 10.0 Å². The maximum Gasteiger partial charge on any atom is 0.241 e. The highest BCUT2D eigenvalue weighted by molar-refractivity contribution is 7.89. The average molecular weight is 319 g/mol. The molecule has 0 bridgehead atoms. The summed E-state index contributed by atoms with van der Waals surface area (Å²) in [4.78, 5) is 1.42. The van der Waals surface area contributed by atoms with Crippen molar-refractivity contribution >= 4 is 21.4 Å². The lowest BCUT2D eigenvalue weighted by molar-refractivity contribution is 0.437. The van der Waals surface area contributed by atoms with Crippen molar-refractivity contribution < 1.29 is 8.42 Å². The molecular formula is C14H26N2O2S2. The first kappa shape index (κ1) is 17.6. The highest BCUT2D eigenvalue weighted by atomic mass is 32.2. The van der Waals surface area contributed by atoms with Gasteiger partial charge in [0.15, 0.2) is 0 Å². The minimum atomic E-state index is -3.40. The van der Waals surface area contributed by atoms with Crippen molar-refractivity contribution in [3.8, 4) is 0 Å². The van der Waals surface area contributed by atoms with Crippen molar-refractivity contribution in [3.63, 3.8) is 0 Å². The van der Waals surface area contributed by atoms with E-state index < -0.39 is 10.0 Å². The van der Waals surface area contributed by atoms with E-state index in [1.807, 2.05) is 20.8 Å². The molecule has 4 nitrogen and oxygen atoms in total. The van der Waals surface area contributed by atoms with Gasteiger partial charge in [-0.3, -0.25) is 0 Å². The molecule has 1 unspecified atom stereocenters. The van der Waals surface area contributed by atoms with Crippen molar-refractivity contribution in [2.24, 2.45) is 5.92 Å². The van der Waals surface area contributed by atoms with Gasteiger partial charge in [0.1, 0.15) is 0 Å². The van der Waals surface area contributed by atoms with Crippen molar-refractivity contribution in [2.75, 3.05) is 0 Å². The first-order chi connectivity index (χ1) is 9.26. The van der Waals surface area contributed by atoms with Crippen LogP contribution in [0.3, 0.4) is 0 Å². The molecule has 0 amide bonds. The molecule has 0 radical (unpaired) electrons. The molecule has 1 heterocycles. The first-order valence-corrected chi connectivity index (χ1v) is 9.45. The molecule has 0 spiro atoms. The van der Waals surface area contributed by atoms with Crippen molar-refractivity contribution in [3.05, 3.63) is 16.3 Å². The van der Waals surface area contributed by atoms with Crippen LogP contribution in [0.4, 0.5) is 0 Å². The Morgan fingerprint density at radius 2 is 1.90 bits per heavy atom. The second-order valence-electron chi connectivity index (χ2n) is 5.66. The van der Waals surface area contributed by atoms with Gasteiger partial charge in [0.05, 0.1) is 4.90 Å². The van der Waals surface area contributed by atoms with Gasteiger partial charge >= 0.3 is 0 Å². The number of hydrogen-bond donors (Lipinski definition) is 2. The van der Waals surface area contributed by atoms with Crippen LogP contribution in [0.15, 0.2) is 16.3 Å². The van der Waals surface area contributed by atoms with Gasteiger partial charge in [-0.1, -0.05) is 34.6 Å². The summed E-state index contributed by atoms with van der Waals surface area (Å²) in [5, 5.41) is 5.01. The first-order valence-electron chi connectivity index (χ1n) is 7.09. The standard InChI is InChI=1S/C14H26N2O2S2/c1-6-14(10(2)3)16-20(17,18)13-7-12(19-9-13)8-15-11(4)5/h7,9-11,14-16H,6,8H2,1-5H3. The van der Waals surface area contributed by atoms with Gasteiger partial charge in [-0.15, -0.1) is 11.3 Å². The molecule has 0 saturated carbocycles. The van der Waals surface area contributed by atoms with E-state index in [1.54, 1.807) is 11.4 Å². The fourth-order valence-corrected chi connectivity index (χ4v) is 4.55. The largest absolute Gasteiger partial charge is 0.310 e. The van der Waals surface area contributed by atoms with Gasteiger partial charge in [0, 0.05) is 28.9 Å². The van der Waals surface area contributed by atoms with E-state index in [0.717, 1.165) is 11.3 Å². The molecule has 0 aliphatic carbocycles. The van der Waals surface area contributed by atoms with E-state index in [-0.39, 0.29) is 12.0 Å². The second kappa shape index (κ2) is 7.54.